The third-order valence-electron chi connectivity index (χ3n) is 8.54. The molecule has 1 atom stereocenters. The highest BCUT2D eigenvalue weighted by molar-refractivity contribution is 5.62. The average Bonchev–Trinajstić information content (AvgIpc) is 2.83. The van der Waals surface area contributed by atoms with Gasteiger partial charge in [0.05, 0.1) is 6.04 Å². The van der Waals surface area contributed by atoms with E-state index in [2.05, 4.69) is 37.3 Å². The minimum Gasteiger partial charge on any atom is -0.398 e. The van der Waals surface area contributed by atoms with Crippen LogP contribution in [0.5, 0.6) is 0 Å². The van der Waals surface area contributed by atoms with Gasteiger partial charge in [-0.25, -0.2) is 0 Å². The summed E-state index contributed by atoms with van der Waals surface area (Å²) in [4.78, 5) is 0. The lowest BCUT2D eigenvalue weighted by molar-refractivity contribution is 0.155. The Labute approximate surface area is 196 Å². The Hall–Kier alpha value is -1.80. The first-order chi connectivity index (χ1) is 15.6. The second-order valence-corrected chi connectivity index (χ2v) is 10.7. The predicted octanol–water partition coefficient (Wildman–Crippen LogP) is 7.47. The van der Waals surface area contributed by atoms with E-state index in [0.717, 1.165) is 29.0 Å². The first kappa shape index (κ1) is 23.4. The zero-order valence-corrected chi connectivity index (χ0v) is 20.1. The maximum atomic E-state index is 6.25. The lowest BCUT2D eigenvalue weighted by atomic mass is 9.68. The van der Waals surface area contributed by atoms with Gasteiger partial charge in [0.25, 0.3) is 0 Å². The molecule has 2 heteroatoms. The molecule has 0 aromatic heterocycles. The van der Waals surface area contributed by atoms with Crippen molar-refractivity contribution >= 4 is 6.08 Å². The summed E-state index contributed by atoms with van der Waals surface area (Å²) in [6.07, 6.45) is 25.4. The van der Waals surface area contributed by atoms with Gasteiger partial charge in [-0.2, -0.15) is 0 Å². The first-order valence-electron chi connectivity index (χ1n) is 13.4. The topological polar surface area (TPSA) is 52.0 Å². The van der Waals surface area contributed by atoms with Crippen LogP contribution in [-0.2, 0) is 0 Å². The zero-order valence-electron chi connectivity index (χ0n) is 20.1. The van der Waals surface area contributed by atoms with Crippen LogP contribution in [0.3, 0.4) is 0 Å². The molecule has 0 saturated heterocycles. The number of hydrogen-bond acceptors (Lipinski definition) is 2. The Kier molecular flexibility index (Phi) is 8.30. The van der Waals surface area contributed by atoms with Gasteiger partial charge >= 0.3 is 0 Å². The van der Waals surface area contributed by atoms with Gasteiger partial charge < -0.3 is 11.5 Å². The van der Waals surface area contributed by atoms with E-state index in [4.69, 9.17) is 11.5 Å². The van der Waals surface area contributed by atoms with Crippen molar-refractivity contribution in [3.8, 4) is 0 Å². The van der Waals surface area contributed by atoms with Gasteiger partial charge in [-0.05, 0) is 91.0 Å². The lowest BCUT2D eigenvalue weighted by Gasteiger charge is -2.38. The summed E-state index contributed by atoms with van der Waals surface area (Å²) < 4.78 is 0. The van der Waals surface area contributed by atoms with Gasteiger partial charge in [-0.1, -0.05) is 81.9 Å². The van der Waals surface area contributed by atoms with Crippen molar-refractivity contribution in [3.05, 3.63) is 64.9 Å². The fraction of sp³-hybridized carbons (Fsp3) is 0.600. The van der Waals surface area contributed by atoms with Crippen LogP contribution in [0.2, 0.25) is 0 Å². The third kappa shape index (κ3) is 5.95. The number of hydrogen-bond donors (Lipinski definition) is 2. The number of benzene rings is 1. The second kappa shape index (κ2) is 11.4. The molecule has 3 aliphatic rings. The highest BCUT2D eigenvalue weighted by atomic mass is 14.7. The minimum absolute atomic E-state index is 0.110. The van der Waals surface area contributed by atoms with E-state index in [1.165, 1.54) is 88.2 Å². The summed E-state index contributed by atoms with van der Waals surface area (Å²) in [5.74, 6) is 3.72. The molecule has 3 aliphatic carbocycles. The first-order valence-corrected chi connectivity index (χ1v) is 13.4. The summed E-state index contributed by atoms with van der Waals surface area (Å²) in [6, 6.07) is 8.98. The van der Waals surface area contributed by atoms with Crippen molar-refractivity contribution in [2.24, 2.45) is 29.2 Å². The number of allylic oxidation sites excluding steroid dienone is 2. The highest BCUT2D eigenvalue weighted by Crippen LogP contribution is 2.44. The Morgan fingerprint density at radius 1 is 0.938 bits per heavy atom. The van der Waals surface area contributed by atoms with E-state index in [1.807, 2.05) is 18.2 Å². The van der Waals surface area contributed by atoms with Crippen LogP contribution in [0.1, 0.15) is 101 Å². The fourth-order valence-electron chi connectivity index (χ4n) is 6.49. The van der Waals surface area contributed by atoms with Crippen molar-refractivity contribution in [2.45, 2.75) is 95.9 Å². The van der Waals surface area contributed by atoms with Crippen molar-refractivity contribution in [2.75, 3.05) is 0 Å². The molecule has 0 aliphatic heterocycles. The van der Waals surface area contributed by atoms with E-state index >= 15 is 0 Å². The standard InChI is InChI=1S/C30H44N2/c1-2-3-4-7-22-12-14-24(15-13-22)25-16-18-26(19-17-25)27-9-5-8-23(20-27)21-28-29(31)10-6-11-30(28)32/h5-6,8-11,20-22,24-26,29H,2-4,7,12-19,31-32H2,1H3. The van der Waals surface area contributed by atoms with E-state index in [-0.39, 0.29) is 6.04 Å². The van der Waals surface area contributed by atoms with Gasteiger partial charge in [-0.15, -0.1) is 0 Å². The number of rotatable bonds is 7. The molecular formula is C30H44N2. The molecule has 2 fully saturated rings. The van der Waals surface area contributed by atoms with Crippen molar-refractivity contribution in [1.29, 1.82) is 0 Å². The van der Waals surface area contributed by atoms with Crippen LogP contribution < -0.4 is 11.5 Å². The average molecular weight is 433 g/mol. The molecule has 0 amide bonds. The molecule has 1 aromatic rings. The molecule has 174 valence electrons. The van der Waals surface area contributed by atoms with Crippen molar-refractivity contribution in [3.63, 3.8) is 0 Å². The van der Waals surface area contributed by atoms with Gasteiger partial charge in [-0.3, -0.25) is 0 Å². The molecule has 1 aromatic carbocycles. The molecule has 0 bridgehead atoms. The Morgan fingerprint density at radius 2 is 1.66 bits per heavy atom. The molecule has 0 radical (unpaired) electrons. The van der Waals surface area contributed by atoms with Crippen LogP contribution >= 0.6 is 0 Å². The molecule has 32 heavy (non-hydrogen) atoms. The SMILES string of the molecule is CCCCCC1CCC(C2CCC(c3cccc(C=C4C(N)=CC=CC4N)c3)CC2)CC1. The molecule has 2 saturated carbocycles. The Balaban J connectivity index is 1.29. The zero-order chi connectivity index (χ0) is 22.3. The van der Waals surface area contributed by atoms with E-state index < -0.39 is 0 Å². The predicted molar refractivity (Wildman–Crippen MR) is 138 cm³/mol. The maximum Gasteiger partial charge on any atom is 0.0504 e. The Morgan fingerprint density at radius 3 is 2.34 bits per heavy atom. The smallest absolute Gasteiger partial charge is 0.0504 e. The van der Waals surface area contributed by atoms with Crippen LogP contribution in [0.4, 0.5) is 0 Å². The summed E-state index contributed by atoms with van der Waals surface area (Å²) >= 11 is 0. The van der Waals surface area contributed by atoms with E-state index in [0.29, 0.717) is 5.92 Å². The van der Waals surface area contributed by atoms with Gasteiger partial charge in [0.15, 0.2) is 0 Å². The fourth-order valence-corrected chi connectivity index (χ4v) is 6.49. The Bertz CT molecular complexity index is 817. The monoisotopic (exact) mass is 432 g/mol. The quantitative estimate of drug-likeness (QED) is 0.439. The van der Waals surface area contributed by atoms with Crippen LogP contribution in [0.15, 0.2) is 53.8 Å². The molecule has 4 rings (SSSR count). The maximum absolute atomic E-state index is 6.25. The molecule has 2 nitrogen and oxygen atoms in total. The normalized spacial score (nSPS) is 32.1. The van der Waals surface area contributed by atoms with Crippen LogP contribution in [0.25, 0.3) is 6.08 Å². The largest absolute Gasteiger partial charge is 0.398 e. The highest BCUT2D eigenvalue weighted by Gasteiger charge is 2.31. The number of nitrogens with two attached hydrogens (primary N) is 2. The molecule has 4 N–H and O–H groups in total. The second-order valence-electron chi connectivity index (χ2n) is 10.7. The van der Waals surface area contributed by atoms with Crippen LogP contribution in [0, 0.1) is 17.8 Å². The van der Waals surface area contributed by atoms with E-state index in [9.17, 15) is 0 Å². The van der Waals surface area contributed by atoms with Gasteiger partial charge in [0, 0.05) is 5.70 Å². The number of unbranched alkanes of at least 4 members (excludes halogenated alkanes) is 2. The van der Waals surface area contributed by atoms with E-state index in [1.54, 1.807) is 0 Å². The molecule has 0 spiro atoms. The summed E-state index contributed by atoms with van der Waals surface area (Å²) in [5.41, 5.74) is 17.0. The summed E-state index contributed by atoms with van der Waals surface area (Å²) in [6.45, 7) is 2.32. The van der Waals surface area contributed by atoms with Crippen LogP contribution in [-0.4, -0.2) is 6.04 Å². The van der Waals surface area contributed by atoms with Gasteiger partial charge in [0.1, 0.15) is 0 Å². The molecule has 1 unspecified atom stereocenters. The summed E-state index contributed by atoms with van der Waals surface area (Å²) in [7, 11) is 0. The molecular weight excluding hydrogens is 388 g/mol. The summed E-state index contributed by atoms with van der Waals surface area (Å²) in [5, 5.41) is 0. The molecule has 0 heterocycles. The van der Waals surface area contributed by atoms with Gasteiger partial charge in [0.2, 0.25) is 0 Å². The van der Waals surface area contributed by atoms with Crippen molar-refractivity contribution in [1.82, 2.24) is 0 Å². The lowest BCUT2D eigenvalue weighted by Crippen LogP contribution is -2.25. The minimum atomic E-state index is -0.110. The van der Waals surface area contributed by atoms with Crippen molar-refractivity contribution < 1.29 is 0 Å². The third-order valence-corrected chi connectivity index (χ3v) is 8.54.